The third kappa shape index (κ3) is 2.50. The SMILES string of the molecule is CN1C(=N)N(C)[C@@]2(C1=O)[C@@H](O)c1c([nH]c3ccccc13)[C@@]1(C(=O)N(C)C(=O)N1C)[C@H]2c1c[nH]c2cc(Br)ccc12. The van der Waals surface area contributed by atoms with Gasteiger partial charge in [0.25, 0.3) is 11.8 Å². The lowest BCUT2D eigenvalue weighted by atomic mass is 9.57. The Balaban J connectivity index is 1.71. The van der Waals surface area contributed by atoms with Gasteiger partial charge >= 0.3 is 6.03 Å². The first-order valence-electron chi connectivity index (χ1n) is 12.7. The molecule has 40 heavy (non-hydrogen) atoms. The lowest BCUT2D eigenvalue weighted by Gasteiger charge is -2.54. The summed E-state index contributed by atoms with van der Waals surface area (Å²) in [5, 5.41) is 22.6. The fourth-order valence-electron chi connectivity index (χ4n) is 7.39. The molecule has 12 heteroatoms. The number of benzene rings is 2. The van der Waals surface area contributed by atoms with Crippen molar-refractivity contribution >= 4 is 61.5 Å². The molecule has 4 atom stereocenters. The molecular weight excluding hydrogens is 578 g/mol. The summed E-state index contributed by atoms with van der Waals surface area (Å²) in [6, 6.07) is 12.4. The van der Waals surface area contributed by atoms with Gasteiger partial charge < -0.3 is 24.9 Å². The molecule has 2 aromatic carbocycles. The average molecular weight is 604 g/mol. The van der Waals surface area contributed by atoms with Gasteiger partial charge in [0.05, 0.1) is 11.6 Å². The van der Waals surface area contributed by atoms with Crippen LogP contribution in [0.2, 0.25) is 0 Å². The molecular formula is C28H26BrN7O4. The van der Waals surface area contributed by atoms with Crippen LogP contribution < -0.4 is 0 Å². The van der Waals surface area contributed by atoms with Crippen LogP contribution in [0.15, 0.2) is 53.1 Å². The third-order valence-electron chi connectivity index (χ3n) is 9.23. The number of aliphatic hydroxyl groups is 1. The molecule has 4 N–H and O–H groups in total. The number of carbonyl (C=O) groups excluding carboxylic acids is 3. The Morgan fingerprint density at radius 1 is 0.925 bits per heavy atom. The second-order valence-corrected chi connectivity index (χ2v) is 11.7. The quantitative estimate of drug-likeness (QED) is 0.248. The Morgan fingerprint density at radius 2 is 1.65 bits per heavy atom. The van der Waals surface area contributed by atoms with Crippen LogP contribution in [-0.4, -0.2) is 92.2 Å². The number of imide groups is 1. The summed E-state index contributed by atoms with van der Waals surface area (Å²) >= 11 is 3.50. The number of urea groups is 1. The van der Waals surface area contributed by atoms with E-state index in [1.165, 1.54) is 28.8 Å². The predicted molar refractivity (Wildman–Crippen MR) is 151 cm³/mol. The van der Waals surface area contributed by atoms with E-state index in [0.717, 1.165) is 20.3 Å². The minimum absolute atomic E-state index is 0.122. The number of rotatable bonds is 1. The van der Waals surface area contributed by atoms with Crippen molar-refractivity contribution in [1.29, 1.82) is 5.41 Å². The number of halogens is 1. The molecule has 4 heterocycles. The molecule has 1 aliphatic carbocycles. The van der Waals surface area contributed by atoms with E-state index in [0.29, 0.717) is 27.7 Å². The topological polar surface area (TPSA) is 140 Å². The number of nitrogens with one attached hydrogen (secondary N) is 3. The average Bonchev–Trinajstić information content (AvgIpc) is 3.62. The number of aromatic amines is 2. The zero-order valence-electron chi connectivity index (χ0n) is 22.1. The number of para-hydroxylation sites is 1. The van der Waals surface area contributed by atoms with Crippen LogP contribution in [-0.2, 0) is 15.1 Å². The van der Waals surface area contributed by atoms with Crippen molar-refractivity contribution in [2.45, 2.75) is 23.1 Å². The fourth-order valence-corrected chi connectivity index (χ4v) is 7.75. The third-order valence-corrected chi connectivity index (χ3v) is 9.73. The van der Waals surface area contributed by atoms with Crippen LogP contribution in [0.5, 0.6) is 0 Å². The van der Waals surface area contributed by atoms with Crippen molar-refractivity contribution in [3.63, 3.8) is 0 Å². The summed E-state index contributed by atoms with van der Waals surface area (Å²) < 4.78 is 0.832. The Labute approximate surface area is 237 Å². The molecule has 0 radical (unpaired) electrons. The van der Waals surface area contributed by atoms with Gasteiger partial charge in [-0.3, -0.25) is 24.8 Å². The van der Waals surface area contributed by atoms with Crippen molar-refractivity contribution in [3.8, 4) is 0 Å². The monoisotopic (exact) mass is 603 g/mol. The van der Waals surface area contributed by atoms with E-state index in [-0.39, 0.29) is 5.96 Å². The number of hydrogen-bond donors (Lipinski definition) is 4. The molecule has 0 saturated carbocycles. The normalized spacial score (nSPS) is 28.4. The number of nitrogens with zero attached hydrogens (tertiary/aromatic N) is 4. The minimum atomic E-state index is -1.85. The standard InChI is InChI=1S/C28H26BrN7O4/c1-33-24(39)28(35(3)25(33)30)20(16-12-31-18-11-13(29)9-10-14(16)18)27(23(38)34(2)26(40)36(27)4)21-19(22(28)37)15-7-5-6-8-17(15)32-21/h5-12,20,22,30-32,37H,1-4H3/t20-,22+,27-,28-/m1/s1. The van der Waals surface area contributed by atoms with E-state index in [1.54, 1.807) is 20.3 Å². The number of amides is 4. The summed E-state index contributed by atoms with van der Waals surface area (Å²) in [5.41, 5.74) is -0.909. The molecule has 0 bridgehead atoms. The highest BCUT2D eigenvalue weighted by Gasteiger charge is 2.77. The molecule has 4 amide bonds. The van der Waals surface area contributed by atoms with Crippen molar-refractivity contribution in [2.75, 3.05) is 28.2 Å². The van der Waals surface area contributed by atoms with E-state index in [2.05, 4.69) is 25.9 Å². The maximum Gasteiger partial charge on any atom is 0.327 e. The lowest BCUT2D eigenvalue weighted by Crippen LogP contribution is -2.69. The van der Waals surface area contributed by atoms with E-state index in [4.69, 9.17) is 5.41 Å². The molecule has 2 spiro atoms. The maximum absolute atomic E-state index is 14.6. The smallest absolute Gasteiger partial charge is 0.327 e. The Kier molecular flexibility index (Phi) is 4.80. The highest BCUT2D eigenvalue weighted by molar-refractivity contribution is 9.10. The molecule has 3 aliphatic rings. The van der Waals surface area contributed by atoms with Crippen LogP contribution in [0.1, 0.15) is 28.8 Å². The highest BCUT2D eigenvalue weighted by atomic mass is 79.9. The Bertz CT molecular complexity index is 1830. The summed E-state index contributed by atoms with van der Waals surface area (Å²) in [6.45, 7) is 0. The molecule has 0 unspecified atom stereocenters. The molecule has 2 saturated heterocycles. The molecule has 11 nitrogen and oxygen atoms in total. The number of aliphatic hydroxyl groups excluding tert-OH is 1. The van der Waals surface area contributed by atoms with E-state index < -0.39 is 40.9 Å². The maximum atomic E-state index is 14.6. The molecule has 204 valence electrons. The fraction of sp³-hybridized carbons (Fsp3) is 0.286. The van der Waals surface area contributed by atoms with Gasteiger partial charge in [-0.05, 0) is 23.8 Å². The summed E-state index contributed by atoms with van der Waals surface area (Å²) in [4.78, 5) is 54.5. The van der Waals surface area contributed by atoms with Crippen molar-refractivity contribution in [3.05, 3.63) is 70.0 Å². The second-order valence-electron chi connectivity index (χ2n) is 10.8. The number of likely N-dealkylation sites (N-methyl/N-ethyl adjacent to an activating group) is 4. The summed E-state index contributed by atoms with van der Waals surface area (Å²) in [5.74, 6) is -2.32. The zero-order valence-corrected chi connectivity index (χ0v) is 23.7. The van der Waals surface area contributed by atoms with E-state index in [1.807, 2.05) is 42.5 Å². The van der Waals surface area contributed by atoms with Crippen LogP contribution in [0.4, 0.5) is 4.79 Å². The summed E-state index contributed by atoms with van der Waals surface area (Å²) in [7, 11) is 6.05. The molecule has 7 rings (SSSR count). The van der Waals surface area contributed by atoms with Crippen molar-refractivity contribution in [2.24, 2.45) is 0 Å². The van der Waals surface area contributed by atoms with E-state index >= 15 is 0 Å². The first-order chi connectivity index (χ1) is 19.0. The molecule has 2 aromatic heterocycles. The number of hydrogen-bond acceptors (Lipinski definition) is 5. The van der Waals surface area contributed by atoms with Gasteiger partial charge in [-0.25, -0.2) is 4.79 Å². The minimum Gasteiger partial charge on any atom is -0.385 e. The van der Waals surface area contributed by atoms with Crippen molar-refractivity contribution < 1.29 is 19.5 Å². The van der Waals surface area contributed by atoms with Gasteiger partial charge in [0.1, 0.15) is 6.10 Å². The Morgan fingerprint density at radius 3 is 2.30 bits per heavy atom. The van der Waals surface area contributed by atoms with Gasteiger partial charge in [-0.1, -0.05) is 40.2 Å². The predicted octanol–water partition coefficient (Wildman–Crippen LogP) is 3.04. The number of fused-ring (bicyclic) bond motifs is 5. The largest absolute Gasteiger partial charge is 0.385 e. The van der Waals surface area contributed by atoms with Gasteiger partial charge in [-0.15, -0.1) is 0 Å². The van der Waals surface area contributed by atoms with E-state index in [9.17, 15) is 19.5 Å². The number of guanidine groups is 1. The first kappa shape index (κ1) is 24.9. The van der Waals surface area contributed by atoms with Gasteiger partial charge in [0, 0.05) is 66.2 Å². The second kappa shape index (κ2) is 7.73. The lowest BCUT2D eigenvalue weighted by molar-refractivity contribution is -0.151. The van der Waals surface area contributed by atoms with Crippen LogP contribution >= 0.6 is 15.9 Å². The molecule has 4 aromatic rings. The highest BCUT2D eigenvalue weighted by Crippen LogP contribution is 2.64. The molecule has 2 aliphatic heterocycles. The molecule has 2 fully saturated rings. The van der Waals surface area contributed by atoms with Crippen LogP contribution in [0.3, 0.4) is 0 Å². The Hall–Kier alpha value is -4.16. The number of H-pyrrole nitrogens is 2. The number of aromatic nitrogens is 2. The van der Waals surface area contributed by atoms with Crippen molar-refractivity contribution in [1.82, 2.24) is 29.6 Å². The van der Waals surface area contributed by atoms with Crippen LogP contribution in [0, 0.1) is 5.41 Å². The number of carbonyl (C=O) groups is 3. The van der Waals surface area contributed by atoms with Crippen LogP contribution in [0.25, 0.3) is 21.8 Å². The summed E-state index contributed by atoms with van der Waals surface area (Å²) in [6.07, 6.45) is 0.276. The van der Waals surface area contributed by atoms with Gasteiger partial charge in [0.15, 0.2) is 11.1 Å². The van der Waals surface area contributed by atoms with Gasteiger partial charge in [0.2, 0.25) is 5.96 Å². The zero-order chi connectivity index (χ0) is 28.5. The first-order valence-corrected chi connectivity index (χ1v) is 13.5. The van der Waals surface area contributed by atoms with Gasteiger partial charge in [-0.2, -0.15) is 0 Å².